The third kappa shape index (κ3) is 4.94. The molecule has 1 aliphatic carbocycles. The van der Waals surface area contributed by atoms with E-state index in [0.29, 0.717) is 24.8 Å². The highest BCUT2D eigenvalue weighted by atomic mass is 35.5. The van der Waals surface area contributed by atoms with Gasteiger partial charge in [-0.3, -0.25) is 9.69 Å². The SMILES string of the molecule is CC1=C(CN2CC(C(=O)O)C2)CCc2cc(OCc3nc(-c4ccccc4)no3)ccc21.Cl. The number of rotatable bonds is 7. The fourth-order valence-corrected chi connectivity index (χ4v) is 4.38. The minimum absolute atomic E-state index is 0. The third-order valence-corrected chi connectivity index (χ3v) is 6.29. The van der Waals surface area contributed by atoms with E-state index < -0.39 is 5.97 Å². The molecule has 7 nitrogen and oxygen atoms in total. The van der Waals surface area contributed by atoms with E-state index in [1.165, 1.54) is 22.3 Å². The molecule has 0 radical (unpaired) electrons. The number of carboxylic acid groups (broad SMARTS) is 1. The van der Waals surface area contributed by atoms with Gasteiger partial charge in [-0.15, -0.1) is 12.4 Å². The van der Waals surface area contributed by atoms with Crippen molar-refractivity contribution in [3.63, 3.8) is 0 Å². The number of aromatic nitrogens is 2. The second-order valence-corrected chi connectivity index (χ2v) is 8.44. The minimum Gasteiger partial charge on any atom is -0.484 e. The molecule has 3 aromatic rings. The Balaban J connectivity index is 0.00000259. The van der Waals surface area contributed by atoms with E-state index in [9.17, 15) is 4.79 Å². The van der Waals surface area contributed by atoms with Gasteiger partial charge in [0.1, 0.15) is 5.75 Å². The largest absolute Gasteiger partial charge is 0.484 e. The Kier molecular flexibility index (Phi) is 6.81. The average molecular weight is 468 g/mol. The number of carboxylic acids is 1. The molecule has 1 aromatic heterocycles. The van der Waals surface area contributed by atoms with E-state index in [4.69, 9.17) is 14.4 Å². The first kappa shape index (κ1) is 23.0. The maximum Gasteiger partial charge on any atom is 0.309 e. The molecule has 1 N–H and O–H groups in total. The van der Waals surface area contributed by atoms with Gasteiger partial charge in [-0.2, -0.15) is 4.98 Å². The quantitative estimate of drug-likeness (QED) is 0.548. The predicted molar refractivity (Wildman–Crippen MR) is 126 cm³/mol. The highest BCUT2D eigenvalue weighted by molar-refractivity contribution is 5.85. The summed E-state index contributed by atoms with van der Waals surface area (Å²) in [7, 11) is 0. The summed E-state index contributed by atoms with van der Waals surface area (Å²) in [6, 6.07) is 15.9. The Labute approximate surface area is 198 Å². The van der Waals surface area contributed by atoms with Crippen LogP contribution in [-0.4, -0.2) is 45.8 Å². The zero-order valence-corrected chi connectivity index (χ0v) is 19.2. The molecule has 172 valence electrons. The monoisotopic (exact) mass is 467 g/mol. The molecule has 0 bridgehead atoms. The first-order chi connectivity index (χ1) is 15.6. The van der Waals surface area contributed by atoms with Gasteiger partial charge in [0.2, 0.25) is 5.82 Å². The van der Waals surface area contributed by atoms with Gasteiger partial charge in [0.05, 0.1) is 5.92 Å². The topological polar surface area (TPSA) is 88.7 Å². The fraction of sp³-hybridized carbons (Fsp3) is 0.320. The first-order valence-electron chi connectivity index (χ1n) is 10.8. The van der Waals surface area contributed by atoms with E-state index in [-0.39, 0.29) is 24.9 Å². The van der Waals surface area contributed by atoms with Gasteiger partial charge in [-0.1, -0.05) is 47.1 Å². The van der Waals surface area contributed by atoms with Crippen LogP contribution in [0.15, 0.2) is 58.6 Å². The molecule has 0 unspecified atom stereocenters. The molecule has 1 fully saturated rings. The highest BCUT2D eigenvalue weighted by Gasteiger charge is 2.33. The molecule has 2 aromatic carbocycles. The van der Waals surface area contributed by atoms with Crippen molar-refractivity contribution in [3.05, 3.63) is 71.1 Å². The van der Waals surface area contributed by atoms with E-state index in [1.54, 1.807) is 0 Å². The summed E-state index contributed by atoms with van der Waals surface area (Å²) >= 11 is 0. The third-order valence-electron chi connectivity index (χ3n) is 6.29. The van der Waals surface area contributed by atoms with E-state index in [1.807, 2.05) is 36.4 Å². The molecule has 0 spiro atoms. The summed E-state index contributed by atoms with van der Waals surface area (Å²) in [4.78, 5) is 17.7. The van der Waals surface area contributed by atoms with E-state index >= 15 is 0 Å². The molecule has 0 amide bonds. The standard InChI is InChI=1S/C25H25N3O4.ClH/c1-16-19(12-28-13-20(14-28)25(29)30)8-7-18-11-21(9-10-22(16)18)31-15-23-26-24(27-32-23)17-5-3-2-4-6-17;/h2-6,9-11,20H,7-8,12-15H2,1H3,(H,29,30);1H. The van der Waals surface area contributed by atoms with Gasteiger partial charge < -0.3 is 14.4 Å². The van der Waals surface area contributed by atoms with Gasteiger partial charge in [0.15, 0.2) is 6.61 Å². The number of allylic oxidation sites excluding steroid dienone is 1. The van der Waals surface area contributed by atoms with Crippen LogP contribution in [0.2, 0.25) is 0 Å². The number of hydrogen-bond donors (Lipinski definition) is 1. The normalized spacial score (nSPS) is 16.0. The summed E-state index contributed by atoms with van der Waals surface area (Å²) < 4.78 is 11.2. The number of hydrogen-bond acceptors (Lipinski definition) is 6. The number of nitrogens with zero attached hydrogens (tertiary/aromatic N) is 3. The molecule has 1 aliphatic heterocycles. The zero-order valence-electron chi connectivity index (χ0n) is 18.4. The molecule has 5 rings (SSSR count). The van der Waals surface area contributed by atoms with Crippen molar-refractivity contribution in [1.82, 2.24) is 15.0 Å². The number of ether oxygens (including phenoxy) is 1. The van der Waals surface area contributed by atoms with E-state index in [0.717, 1.165) is 30.7 Å². The molecule has 1 saturated heterocycles. The van der Waals surface area contributed by atoms with E-state index in [2.05, 4.69) is 34.1 Å². The summed E-state index contributed by atoms with van der Waals surface area (Å²) in [6.07, 6.45) is 1.94. The lowest BCUT2D eigenvalue weighted by atomic mass is 9.85. The van der Waals surface area contributed by atoms with Gasteiger partial charge in [0, 0.05) is 25.2 Å². The summed E-state index contributed by atoms with van der Waals surface area (Å²) in [5, 5.41) is 13.1. The van der Waals surface area contributed by atoms with Crippen LogP contribution < -0.4 is 4.74 Å². The lowest BCUT2D eigenvalue weighted by molar-refractivity contribution is -0.147. The van der Waals surface area contributed by atoms with Gasteiger partial charge in [-0.25, -0.2) is 0 Å². The van der Waals surface area contributed by atoms with Crippen LogP contribution >= 0.6 is 12.4 Å². The molecule has 0 saturated carbocycles. The number of benzene rings is 2. The van der Waals surface area contributed by atoms with Crippen LogP contribution in [0.1, 0.15) is 30.4 Å². The number of likely N-dealkylation sites (tertiary alicyclic amines) is 1. The van der Waals surface area contributed by atoms with Gasteiger partial charge in [0.25, 0.3) is 5.89 Å². The second-order valence-electron chi connectivity index (χ2n) is 8.44. The number of aryl methyl sites for hydroxylation is 1. The van der Waals surface area contributed by atoms with Crippen molar-refractivity contribution in [2.45, 2.75) is 26.4 Å². The molecule has 2 aliphatic rings. The maximum atomic E-state index is 11.0. The molecular formula is C25H26ClN3O4. The van der Waals surface area contributed by atoms with Crippen molar-refractivity contribution in [1.29, 1.82) is 0 Å². The minimum atomic E-state index is -0.690. The number of fused-ring (bicyclic) bond motifs is 1. The fourth-order valence-electron chi connectivity index (χ4n) is 4.38. The average Bonchev–Trinajstić information content (AvgIpc) is 3.25. The van der Waals surface area contributed by atoms with Crippen LogP contribution in [0.3, 0.4) is 0 Å². The first-order valence-corrected chi connectivity index (χ1v) is 10.8. The van der Waals surface area contributed by atoms with Crippen molar-refractivity contribution in [2.24, 2.45) is 5.92 Å². The highest BCUT2D eigenvalue weighted by Crippen LogP contribution is 2.34. The lowest BCUT2D eigenvalue weighted by Gasteiger charge is -2.38. The van der Waals surface area contributed by atoms with Crippen LogP contribution in [0.25, 0.3) is 17.0 Å². The predicted octanol–water partition coefficient (Wildman–Crippen LogP) is 4.47. The number of carbonyl (C=O) groups is 1. The van der Waals surface area contributed by atoms with Crippen molar-refractivity contribution >= 4 is 23.9 Å². The Hall–Kier alpha value is -3.16. The van der Waals surface area contributed by atoms with Crippen LogP contribution in [0.4, 0.5) is 0 Å². The zero-order chi connectivity index (χ0) is 22.1. The van der Waals surface area contributed by atoms with Crippen molar-refractivity contribution < 1.29 is 19.2 Å². The van der Waals surface area contributed by atoms with Crippen LogP contribution in [-0.2, 0) is 17.8 Å². The van der Waals surface area contributed by atoms with Crippen LogP contribution in [0, 0.1) is 5.92 Å². The van der Waals surface area contributed by atoms with Gasteiger partial charge >= 0.3 is 5.97 Å². The Morgan fingerprint density at radius 2 is 1.97 bits per heavy atom. The Bertz CT molecular complexity index is 1170. The second kappa shape index (κ2) is 9.77. The Morgan fingerprint density at radius 3 is 2.73 bits per heavy atom. The van der Waals surface area contributed by atoms with Crippen LogP contribution in [0.5, 0.6) is 5.75 Å². The molecule has 2 heterocycles. The molecule has 8 heteroatoms. The lowest BCUT2D eigenvalue weighted by Crippen LogP contribution is -2.50. The number of halogens is 1. The summed E-state index contributed by atoms with van der Waals surface area (Å²) in [5.74, 6) is 0.875. The summed E-state index contributed by atoms with van der Waals surface area (Å²) in [6.45, 7) is 4.53. The molecule has 33 heavy (non-hydrogen) atoms. The maximum absolute atomic E-state index is 11.0. The molecular weight excluding hydrogens is 442 g/mol. The Morgan fingerprint density at radius 1 is 1.18 bits per heavy atom. The van der Waals surface area contributed by atoms with Gasteiger partial charge in [-0.05, 0) is 48.6 Å². The van der Waals surface area contributed by atoms with Crippen molar-refractivity contribution in [2.75, 3.05) is 19.6 Å². The molecule has 0 atom stereocenters. The summed E-state index contributed by atoms with van der Waals surface area (Å²) in [5.41, 5.74) is 6.12. The smallest absolute Gasteiger partial charge is 0.309 e. The number of aliphatic carboxylic acids is 1. The van der Waals surface area contributed by atoms with Crippen molar-refractivity contribution in [3.8, 4) is 17.1 Å².